The molecule has 1 N–H and O–H groups in total. The minimum absolute atomic E-state index is 0.0438. The van der Waals surface area contributed by atoms with Crippen molar-refractivity contribution in [3.05, 3.63) is 58.6 Å². The first-order valence-electron chi connectivity index (χ1n) is 8.57. The number of carbonyl (C=O) groups excluding carboxylic acids is 1. The molecule has 0 spiro atoms. The zero-order chi connectivity index (χ0) is 22.1. The lowest BCUT2D eigenvalue weighted by atomic mass is 10.2. The van der Waals surface area contributed by atoms with Gasteiger partial charge in [0.15, 0.2) is 4.80 Å². The maximum absolute atomic E-state index is 13.4. The third-order valence-corrected chi connectivity index (χ3v) is 5.10. The minimum Gasteiger partial charge on any atom is -0.480 e. The highest BCUT2D eigenvalue weighted by Gasteiger charge is 2.31. The molecule has 0 aliphatic heterocycles. The van der Waals surface area contributed by atoms with Gasteiger partial charge in [-0.3, -0.25) is 4.79 Å². The van der Waals surface area contributed by atoms with Crippen LogP contribution in [0.3, 0.4) is 0 Å². The molecule has 0 radical (unpaired) electrons. The predicted octanol–water partition coefficient (Wildman–Crippen LogP) is 4.52. The summed E-state index contributed by atoms with van der Waals surface area (Å²) in [5.74, 6) is -3.16. The van der Waals surface area contributed by atoms with Crippen molar-refractivity contribution in [1.82, 2.24) is 4.57 Å². The Morgan fingerprint density at radius 1 is 1.23 bits per heavy atom. The lowest BCUT2D eigenvalue weighted by molar-refractivity contribution is -0.274. The summed E-state index contributed by atoms with van der Waals surface area (Å²) >= 11 is 0.823. The van der Waals surface area contributed by atoms with Gasteiger partial charge in [0, 0.05) is 5.56 Å². The molecule has 158 valence electrons. The van der Waals surface area contributed by atoms with Gasteiger partial charge in [-0.25, -0.2) is 9.18 Å². The second-order valence-corrected chi connectivity index (χ2v) is 7.13. The molecule has 6 nitrogen and oxygen atoms in total. The van der Waals surface area contributed by atoms with E-state index in [1.54, 1.807) is 6.92 Å². The van der Waals surface area contributed by atoms with Crippen LogP contribution in [0.1, 0.15) is 29.7 Å². The minimum atomic E-state index is -4.89. The standard InChI is InChI=1S/C19H14F4N2O4S/c1-2-13(17(27)28)25-14-7-6-12(29-19(21,22)23)9-15(14)30-18(25)24-16(26)10-4-3-5-11(20)8-10/h3-9,13H,2H2,1H3,(H,27,28). The van der Waals surface area contributed by atoms with Gasteiger partial charge >= 0.3 is 12.3 Å². The Kier molecular flexibility index (Phi) is 5.92. The van der Waals surface area contributed by atoms with Crippen molar-refractivity contribution in [2.24, 2.45) is 4.99 Å². The van der Waals surface area contributed by atoms with Gasteiger partial charge in [-0.15, -0.1) is 13.2 Å². The van der Waals surface area contributed by atoms with Gasteiger partial charge in [-0.2, -0.15) is 4.99 Å². The molecule has 1 unspecified atom stereocenters. The number of benzene rings is 2. The van der Waals surface area contributed by atoms with Crippen LogP contribution in [0.15, 0.2) is 47.5 Å². The molecule has 1 aromatic heterocycles. The summed E-state index contributed by atoms with van der Waals surface area (Å²) in [5, 5.41) is 9.56. The second-order valence-electron chi connectivity index (χ2n) is 6.12. The summed E-state index contributed by atoms with van der Waals surface area (Å²) in [7, 11) is 0. The van der Waals surface area contributed by atoms with Crippen LogP contribution in [0.25, 0.3) is 10.2 Å². The van der Waals surface area contributed by atoms with Crippen LogP contribution in [-0.2, 0) is 4.79 Å². The van der Waals surface area contributed by atoms with Crippen molar-refractivity contribution < 1.29 is 37.0 Å². The van der Waals surface area contributed by atoms with Crippen molar-refractivity contribution in [3.63, 3.8) is 0 Å². The number of fused-ring (bicyclic) bond motifs is 1. The van der Waals surface area contributed by atoms with Crippen LogP contribution in [0.5, 0.6) is 5.75 Å². The first-order valence-corrected chi connectivity index (χ1v) is 9.39. The molecule has 0 saturated carbocycles. The number of alkyl halides is 3. The van der Waals surface area contributed by atoms with Crippen LogP contribution in [0.2, 0.25) is 0 Å². The van der Waals surface area contributed by atoms with Gasteiger partial charge in [-0.1, -0.05) is 24.3 Å². The monoisotopic (exact) mass is 442 g/mol. The molecule has 1 atom stereocenters. The van der Waals surface area contributed by atoms with Crippen molar-refractivity contribution in [3.8, 4) is 5.75 Å². The maximum atomic E-state index is 13.4. The first kappa shape index (κ1) is 21.5. The van der Waals surface area contributed by atoms with Crippen LogP contribution in [-0.4, -0.2) is 27.9 Å². The summed E-state index contributed by atoms with van der Waals surface area (Å²) in [4.78, 5) is 28.1. The number of hydrogen-bond acceptors (Lipinski definition) is 4. The normalized spacial score (nSPS) is 13.4. The fourth-order valence-electron chi connectivity index (χ4n) is 2.84. The highest BCUT2D eigenvalue weighted by molar-refractivity contribution is 7.16. The Hall–Kier alpha value is -3.21. The molecular weight excluding hydrogens is 428 g/mol. The average Bonchev–Trinajstić information content (AvgIpc) is 2.98. The summed E-state index contributed by atoms with van der Waals surface area (Å²) < 4.78 is 56.3. The predicted molar refractivity (Wildman–Crippen MR) is 99.8 cm³/mol. The van der Waals surface area contributed by atoms with E-state index in [2.05, 4.69) is 9.73 Å². The van der Waals surface area contributed by atoms with E-state index in [9.17, 15) is 32.3 Å². The van der Waals surface area contributed by atoms with E-state index in [-0.39, 0.29) is 27.0 Å². The first-order chi connectivity index (χ1) is 14.1. The molecule has 2 aromatic carbocycles. The van der Waals surface area contributed by atoms with E-state index < -0.39 is 35.8 Å². The highest BCUT2D eigenvalue weighted by Crippen LogP contribution is 2.30. The molecule has 3 rings (SSSR count). The summed E-state index contributed by atoms with van der Waals surface area (Å²) in [6.45, 7) is 1.61. The Morgan fingerprint density at radius 2 is 1.97 bits per heavy atom. The van der Waals surface area contributed by atoms with Crippen molar-refractivity contribution >= 4 is 33.4 Å². The Morgan fingerprint density at radius 3 is 2.57 bits per heavy atom. The summed E-state index contributed by atoms with van der Waals surface area (Å²) in [6.07, 6.45) is -4.77. The number of hydrogen-bond donors (Lipinski definition) is 1. The van der Waals surface area contributed by atoms with Crippen LogP contribution < -0.4 is 9.54 Å². The molecular formula is C19H14F4N2O4S. The third-order valence-electron chi connectivity index (χ3n) is 4.08. The van der Waals surface area contributed by atoms with Gasteiger partial charge in [0.2, 0.25) is 0 Å². The quantitative estimate of drug-likeness (QED) is 0.590. The zero-order valence-corrected chi connectivity index (χ0v) is 16.1. The molecule has 0 fully saturated rings. The number of amides is 1. The molecule has 0 bridgehead atoms. The zero-order valence-electron chi connectivity index (χ0n) is 15.3. The third kappa shape index (κ3) is 4.67. The fraction of sp³-hybridized carbons (Fsp3) is 0.211. The van der Waals surface area contributed by atoms with E-state index >= 15 is 0 Å². The topological polar surface area (TPSA) is 80.9 Å². The van der Waals surface area contributed by atoms with Gasteiger partial charge < -0.3 is 14.4 Å². The van der Waals surface area contributed by atoms with E-state index in [1.165, 1.54) is 22.8 Å². The van der Waals surface area contributed by atoms with Crippen molar-refractivity contribution in [2.45, 2.75) is 25.7 Å². The van der Waals surface area contributed by atoms with E-state index in [1.807, 2.05) is 0 Å². The SMILES string of the molecule is CCC(C(=O)O)n1c(=NC(=O)c2cccc(F)c2)sc2cc(OC(F)(F)F)ccc21. The van der Waals surface area contributed by atoms with Crippen LogP contribution >= 0.6 is 11.3 Å². The van der Waals surface area contributed by atoms with E-state index in [4.69, 9.17) is 0 Å². The summed E-state index contributed by atoms with van der Waals surface area (Å²) in [6, 6.07) is 7.08. The Balaban J connectivity index is 2.20. The summed E-state index contributed by atoms with van der Waals surface area (Å²) in [5.41, 5.74) is 0.220. The van der Waals surface area contributed by atoms with Gasteiger partial charge in [0.25, 0.3) is 5.91 Å². The number of rotatable bonds is 5. The Bertz CT molecular complexity index is 1180. The van der Waals surface area contributed by atoms with Gasteiger partial charge in [0.05, 0.1) is 10.2 Å². The van der Waals surface area contributed by atoms with Gasteiger partial charge in [0.1, 0.15) is 17.6 Å². The smallest absolute Gasteiger partial charge is 0.480 e. The second kappa shape index (κ2) is 8.27. The molecule has 3 aromatic rings. The van der Waals surface area contributed by atoms with E-state index in [0.717, 1.165) is 35.6 Å². The maximum Gasteiger partial charge on any atom is 0.573 e. The largest absolute Gasteiger partial charge is 0.573 e. The number of nitrogens with zero attached hydrogens (tertiary/aromatic N) is 2. The number of ether oxygens (including phenoxy) is 1. The number of carboxylic acid groups (broad SMARTS) is 1. The van der Waals surface area contributed by atoms with Crippen LogP contribution in [0, 0.1) is 5.82 Å². The fourth-order valence-corrected chi connectivity index (χ4v) is 3.94. The van der Waals surface area contributed by atoms with Crippen LogP contribution in [0.4, 0.5) is 17.6 Å². The number of aliphatic carboxylic acids is 1. The molecule has 30 heavy (non-hydrogen) atoms. The highest BCUT2D eigenvalue weighted by atomic mass is 32.1. The molecule has 0 aliphatic rings. The number of aromatic nitrogens is 1. The lowest BCUT2D eigenvalue weighted by Crippen LogP contribution is -2.27. The molecule has 11 heteroatoms. The lowest BCUT2D eigenvalue weighted by Gasteiger charge is -2.14. The number of carbonyl (C=O) groups is 2. The molecule has 1 heterocycles. The van der Waals surface area contributed by atoms with Crippen molar-refractivity contribution in [1.29, 1.82) is 0 Å². The number of carboxylic acids is 1. The van der Waals surface area contributed by atoms with Gasteiger partial charge in [-0.05, 0) is 42.8 Å². The average molecular weight is 442 g/mol. The Labute approximate surface area is 170 Å². The number of halogens is 4. The van der Waals surface area contributed by atoms with Crippen molar-refractivity contribution in [2.75, 3.05) is 0 Å². The molecule has 0 aliphatic carbocycles. The molecule has 1 amide bonds. The molecule has 0 saturated heterocycles. The number of thiazole rings is 1. The van der Waals surface area contributed by atoms with E-state index in [0.29, 0.717) is 0 Å².